The Kier molecular flexibility index (Phi) is 3.72. The topological polar surface area (TPSA) is 66.4 Å². The average Bonchev–Trinajstić information content (AvgIpc) is 3.15. The number of rotatable bonds is 4. The highest BCUT2D eigenvalue weighted by atomic mass is 32.2. The predicted octanol–water partition coefficient (Wildman–Crippen LogP) is 1.28. The molecule has 0 N–H and O–H groups in total. The molecule has 2 aliphatic rings. The van der Waals surface area contributed by atoms with E-state index < -0.39 is 10.0 Å². The van der Waals surface area contributed by atoms with Crippen molar-refractivity contribution < 1.29 is 8.42 Å². The first-order valence-electron chi connectivity index (χ1n) is 6.96. The molecule has 1 aromatic heterocycles. The Morgan fingerprint density at radius 3 is 2.40 bits per heavy atom. The third-order valence-corrected chi connectivity index (χ3v) is 6.62. The summed E-state index contributed by atoms with van der Waals surface area (Å²) in [7, 11) is -1.42. The molecule has 3 rings (SSSR count). The number of aromatic nitrogens is 2. The van der Waals surface area contributed by atoms with Gasteiger partial charge in [-0.25, -0.2) is 12.7 Å². The normalized spacial score (nSPS) is 21.6. The van der Waals surface area contributed by atoms with Gasteiger partial charge in [0, 0.05) is 32.1 Å². The first-order valence-corrected chi connectivity index (χ1v) is 9.63. The van der Waals surface area contributed by atoms with Crippen LogP contribution in [0, 0.1) is 0 Å². The number of hydrogen-bond donors (Lipinski definition) is 0. The molecular formula is C12H20N4O2S2. The summed E-state index contributed by atoms with van der Waals surface area (Å²) in [5.74, 6) is 0.648. The molecule has 8 heteroatoms. The molecule has 20 heavy (non-hydrogen) atoms. The van der Waals surface area contributed by atoms with E-state index in [0.717, 1.165) is 36.1 Å². The monoisotopic (exact) mass is 316 g/mol. The lowest BCUT2D eigenvalue weighted by molar-refractivity contribution is 0.313. The van der Waals surface area contributed by atoms with Gasteiger partial charge >= 0.3 is 0 Å². The maximum atomic E-state index is 11.6. The van der Waals surface area contributed by atoms with Crippen LogP contribution >= 0.6 is 11.3 Å². The highest BCUT2D eigenvalue weighted by molar-refractivity contribution is 7.88. The van der Waals surface area contributed by atoms with Crippen LogP contribution in [0.1, 0.15) is 36.6 Å². The zero-order valence-corrected chi connectivity index (χ0v) is 13.5. The lowest BCUT2D eigenvalue weighted by Crippen LogP contribution is -2.45. The van der Waals surface area contributed by atoms with Crippen LogP contribution in [-0.4, -0.2) is 55.4 Å². The number of anilines is 1. The van der Waals surface area contributed by atoms with Gasteiger partial charge in [-0.05, 0) is 25.7 Å². The molecule has 0 spiro atoms. The van der Waals surface area contributed by atoms with Crippen molar-refractivity contribution in [3.63, 3.8) is 0 Å². The Morgan fingerprint density at radius 1 is 1.20 bits per heavy atom. The lowest BCUT2D eigenvalue weighted by atomic mass is 10.1. The van der Waals surface area contributed by atoms with Crippen LogP contribution in [0.3, 0.4) is 0 Å². The van der Waals surface area contributed by atoms with Crippen molar-refractivity contribution in [2.24, 2.45) is 0 Å². The van der Waals surface area contributed by atoms with Crippen LogP contribution in [0.15, 0.2) is 0 Å². The van der Waals surface area contributed by atoms with Gasteiger partial charge in [-0.15, -0.1) is 10.2 Å². The number of sulfonamides is 1. The van der Waals surface area contributed by atoms with E-state index in [1.54, 1.807) is 18.4 Å². The second kappa shape index (κ2) is 5.23. The summed E-state index contributed by atoms with van der Waals surface area (Å²) in [4.78, 5) is 2.23. The standard InChI is InChI=1S/C12H20N4O2S2/c1-15(20(2,17)18)10-5-7-16(8-6-10)12-14-13-11(19-12)9-3-4-9/h9-10H,3-8H2,1-2H3. The van der Waals surface area contributed by atoms with Crippen molar-refractivity contribution in [3.05, 3.63) is 5.01 Å². The lowest BCUT2D eigenvalue weighted by Gasteiger charge is -2.35. The van der Waals surface area contributed by atoms with Crippen LogP contribution in [0.2, 0.25) is 0 Å². The van der Waals surface area contributed by atoms with E-state index in [1.165, 1.54) is 23.4 Å². The van der Waals surface area contributed by atoms with Gasteiger partial charge < -0.3 is 4.90 Å². The van der Waals surface area contributed by atoms with Gasteiger partial charge in [-0.3, -0.25) is 0 Å². The molecule has 0 aromatic carbocycles. The molecule has 0 bridgehead atoms. The maximum Gasteiger partial charge on any atom is 0.211 e. The first kappa shape index (κ1) is 14.2. The molecule has 0 radical (unpaired) electrons. The number of hydrogen-bond acceptors (Lipinski definition) is 6. The molecule has 1 aliphatic heterocycles. The molecule has 1 aromatic rings. The van der Waals surface area contributed by atoms with Gasteiger partial charge in [0.15, 0.2) is 0 Å². The van der Waals surface area contributed by atoms with Crippen molar-refractivity contribution in [1.82, 2.24) is 14.5 Å². The maximum absolute atomic E-state index is 11.6. The van der Waals surface area contributed by atoms with E-state index in [0.29, 0.717) is 5.92 Å². The fraction of sp³-hybridized carbons (Fsp3) is 0.833. The molecule has 112 valence electrons. The third kappa shape index (κ3) is 2.96. The van der Waals surface area contributed by atoms with Crippen molar-refractivity contribution in [2.45, 2.75) is 37.6 Å². The SMILES string of the molecule is CN(C1CCN(c2nnc(C3CC3)s2)CC1)S(C)(=O)=O. The minimum atomic E-state index is -3.09. The molecule has 0 amide bonds. The van der Waals surface area contributed by atoms with Crippen LogP contribution in [-0.2, 0) is 10.0 Å². The van der Waals surface area contributed by atoms with Gasteiger partial charge in [0.05, 0.1) is 6.26 Å². The zero-order chi connectivity index (χ0) is 14.3. The minimum absolute atomic E-state index is 0.108. The summed E-state index contributed by atoms with van der Waals surface area (Å²) >= 11 is 1.70. The van der Waals surface area contributed by atoms with Gasteiger partial charge in [-0.1, -0.05) is 11.3 Å². The largest absolute Gasteiger partial charge is 0.347 e. The number of piperidine rings is 1. The van der Waals surface area contributed by atoms with Crippen LogP contribution in [0.4, 0.5) is 5.13 Å². The van der Waals surface area contributed by atoms with E-state index in [-0.39, 0.29) is 6.04 Å². The zero-order valence-electron chi connectivity index (χ0n) is 11.8. The molecule has 1 saturated carbocycles. The molecule has 2 heterocycles. The smallest absolute Gasteiger partial charge is 0.211 e. The predicted molar refractivity (Wildman–Crippen MR) is 79.7 cm³/mol. The second-order valence-corrected chi connectivity index (χ2v) is 8.72. The van der Waals surface area contributed by atoms with Crippen LogP contribution < -0.4 is 4.90 Å². The molecule has 1 aliphatic carbocycles. The summed E-state index contributed by atoms with van der Waals surface area (Å²) < 4.78 is 24.6. The Morgan fingerprint density at radius 2 is 1.85 bits per heavy atom. The van der Waals surface area contributed by atoms with Gasteiger partial charge in [-0.2, -0.15) is 0 Å². The van der Waals surface area contributed by atoms with E-state index >= 15 is 0 Å². The summed E-state index contributed by atoms with van der Waals surface area (Å²) in [6.45, 7) is 1.70. The fourth-order valence-corrected chi connectivity index (χ4v) is 4.36. The highest BCUT2D eigenvalue weighted by Gasteiger charge is 2.31. The summed E-state index contributed by atoms with van der Waals surface area (Å²) in [6, 6.07) is 0.108. The molecule has 2 fully saturated rings. The molecular weight excluding hydrogens is 296 g/mol. The summed E-state index contributed by atoms with van der Waals surface area (Å²) in [5, 5.41) is 10.7. The van der Waals surface area contributed by atoms with Crippen molar-refractivity contribution in [2.75, 3.05) is 31.3 Å². The van der Waals surface area contributed by atoms with E-state index in [2.05, 4.69) is 15.1 Å². The van der Waals surface area contributed by atoms with Crippen molar-refractivity contribution in [3.8, 4) is 0 Å². The first-order chi connectivity index (χ1) is 9.45. The summed E-state index contributed by atoms with van der Waals surface area (Å²) in [5.41, 5.74) is 0. The summed E-state index contributed by atoms with van der Waals surface area (Å²) in [6.07, 6.45) is 5.46. The number of nitrogens with zero attached hydrogens (tertiary/aromatic N) is 4. The van der Waals surface area contributed by atoms with E-state index in [4.69, 9.17) is 0 Å². The molecule has 0 unspecified atom stereocenters. The Balaban J connectivity index is 1.60. The van der Waals surface area contributed by atoms with Gasteiger partial charge in [0.2, 0.25) is 15.2 Å². The van der Waals surface area contributed by atoms with Crippen LogP contribution in [0.25, 0.3) is 0 Å². The van der Waals surface area contributed by atoms with E-state index in [1.807, 2.05) is 0 Å². The van der Waals surface area contributed by atoms with Crippen LogP contribution in [0.5, 0.6) is 0 Å². The minimum Gasteiger partial charge on any atom is -0.347 e. The highest BCUT2D eigenvalue weighted by Crippen LogP contribution is 2.42. The van der Waals surface area contributed by atoms with Crippen molar-refractivity contribution in [1.29, 1.82) is 0 Å². The Labute approximate surface area is 123 Å². The van der Waals surface area contributed by atoms with Crippen molar-refractivity contribution >= 4 is 26.5 Å². The van der Waals surface area contributed by atoms with Gasteiger partial charge in [0.1, 0.15) is 5.01 Å². The molecule has 0 atom stereocenters. The Hall–Kier alpha value is -0.730. The second-order valence-electron chi connectivity index (χ2n) is 5.69. The molecule has 6 nitrogen and oxygen atoms in total. The van der Waals surface area contributed by atoms with E-state index in [9.17, 15) is 8.42 Å². The fourth-order valence-electron chi connectivity index (χ4n) is 2.54. The quantitative estimate of drug-likeness (QED) is 0.837. The third-order valence-electron chi connectivity index (χ3n) is 4.13. The average molecular weight is 316 g/mol. The Bertz CT molecular complexity index is 574. The van der Waals surface area contributed by atoms with Gasteiger partial charge in [0.25, 0.3) is 0 Å². The molecule has 1 saturated heterocycles.